The fourth-order valence-corrected chi connectivity index (χ4v) is 4.17. The van der Waals surface area contributed by atoms with Gasteiger partial charge in [-0.3, -0.25) is 9.59 Å². The van der Waals surface area contributed by atoms with Crippen molar-refractivity contribution in [1.82, 2.24) is 5.32 Å². The van der Waals surface area contributed by atoms with Gasteiger partial charge in [0.05, 0.1) is 11.3 Å². The van der Waals surface area contributed by atoms with Gasteiger partial charge >= 0.3 is 0 Å². The Morgan fingerprint density at radius 3 is 2.57 bits per heavy atom. The summed E-state index contributed by atoms with van der Waals surface area (Å²) in [4.78, 5) is 27.0. The summed E-state index contributed by atoms with van der Waals surface area (Å²) in [6, 6.07) is 23.0. The molecule has 0 fully saturated rings. The average molecular weight is 388 g/mol. The smallest absolute Gasteiger partial charge is 0.256 e. The van der Waals surface area contributed by atoms with Gasteiger partial charge in [-0.25, -0.2) is 0 Å². The molecular weight excluding hydrogens is 368 g/mol. The number of carbonyl (C=O) groups excluding carboxylic acids is 2. The maximum absolute atomic E-state index is 12.6. The van der Waals surface area contributed by atoms with Crippen molar-refractivity contribution in [2.24, 2.45) is 0 Å². The SMILES string of the molecule is C[C@H](CNC(=O)c1ccc2c(c1)NC(=O)c1ccccc1S2)c1ccccc1. The Morgan fingerprint density at radius 2 is 1.75 bits per heavy atom. The Bertz CT molecular complexity index is 1030. The van der Waals surface area contributed by atoms with Crippen molar-refractivity contribution < 1.29 is 9.59 Å². The van der Waals surface area contributed by atoms with E-state index in [1.807, 2.05) is 48.5 Å². The molecular formula is C23H20N2O2S. The zero-order valence-corrected chi connectivity index (χ0v) is 16.3. The number of amides is 2. The zero-order valence-electron chi connectivity index (χ0n) is 15.4. The lowest BCUT2D eigenvalue weighted by Gasteiger charge is -2.14. The average Bonchev–Trinajstić information content (AvgIpc) is 2.87. The molecule has 0 saturated carbocycles. The van der Waals surface area contributed by atoms with Crippen LogP contribution in [0.1, 0.15) is 39.1 Å². The summed E-state index contributed by atoms with van der Waals surface area (Å²) in [5.41, 5.74) is 3.03. The summed E-state index contributed by atoms with van der Waals surface area (Å²) in [6.45, 7) is 2.63. The predicted octanol–water partition coefficient (Wildman–Crippen LogP) is 4.94. The molecule has 0 bridgehead atoms. The molecule has 3 aromatic carbocycles. The number of anilines is 1. The molecule has 0 aromatic heterocycles. The van der Waals surface area contributed by atoms with Gasteiger partial charge in [0.1, 0.15) is 0 Å². The van der Waals surface area contributed by atoms with Crippen molar-refractivity contribution >= 4 is 29.3 Å². The van der Waals surface area contributed by atoms with E-state index in [0.717, 1.165) is 9.79 Å². The third kappa shape index (κ3) is 3.80. The summed E-state index contributed by atoms with van der Waals surface area (Å²) in [7, 11) is 0. The van der Waals surface area contributed by atoms with Crippen LogP contribution in [0.15, 0.2) is 82.6 Å². The molecule has 0 radical (unpaired) electrons. The van der Waals surface area contributed by atoms with Gasteiger partial charge in [-0.2, -0.15) is 0 Å². The lowest BCUT2D eigenvalue weighted by Crippen LogP contribution is -2.27. The van der Waals surface area contributed by atoms with Crippen LogP contribution in [-0.4, -0.2) is 18.4 Å². The molecule has 5 heteroatoms. The number of rotatable bonds is 4. The second-order valence-corrected chi connectivity index (χ2v) is 7.87. The lowest BCUT2D eigenvalue weighted by molar-refractivity contribution is 0.0950. The molecule has 0 aliphatic carbocycles. The van der Waals surface area contributed by atoms with E-state index < -0.39 is 0 Å². The first-order chi connectivity index (χ1) is 13.6. The molecule has 4 nitrogen and oxygen atoms in total. The summed E-state index contributed by atoms with van der Waals surface area (Å²) in [6.07, 6.45) is 0. The van der Waals surface area contributed by atoms with E-state index in [-0.39, 0.29) is 17.7 Å². The van der Waals surface area contributed by atoms with Crippen LogP contribution in [-0.2, 0) is 0 Å². The van der Waals surface area contributed by atoms with Gasteiger partial charge < -0.3 is 10.6 Å². The van der Waals surface area contributed by atoms with Crippen LogP contribution in [0.2, 0.25) is 0 Å². The van der Waals surface area contributed by atoms with Gasteiger partial charge in [0.25, 0.3) is 11.8 Å². The summed E-state index contributed by atoms with van der Waals surface area (Å²) >= 11 is 1.53. The highest BCUT2D eigenvalue weighted by molar-refractivity contribution is 7.99. The van der Waals surface area contributed by atoms with E-state index in [1.165, 1.54) is 17.3 Å². The van der Waals surface area contributed by atoms with Crippen LogP contribution in [0.4, 0.5) is 5.69 Å². The zero-order chi connectivity index (χ0) is 19.5. The van der Waals surface area contributed by atoms with Crippen LogP contribution in [0.25, 0.3) is 0 Å². The van der Waals surface area contributed by atoms with Gasteiger partial charge in [0.2, 0.25) is 0 Å². The Kier molecular flexibility index (Phi) is 5.17. The molecule has 140 valence electrons. The normalized spacial score (nSPS) is 13.5. The molecule has 3 aromatic rings. The van der Waals surface area contributed by atoms with E-state index in [0.29, 0.717) is 23.4 Å². The Labute approximate surface area is 168 Å². The highest BCUT2D eigenvalue weighted by Gasteiger charge is 2.20. The molecule has 1 aliphatic rings. The standard InChI is InChI=1S/C23H20N2O2S/c1-15(16-7-3-2-4-8-16)14-24-22(26)17-11-12-21-19(13-17)25-23(27)18-9-5-6-10-20(18)28-21/h2-13,15H,14H2,1H3,(H,24,26)(H,25,27)/t15-/m1/s1. The van der Waals surface area contributed by atoms with Crippen molar-refractivity contribution in [3.8, 4) is 0 Å². The highest BCUT2D eigenvalue weighted by atomic mass is 32.2. The number of carbonyl (C=O) groups is 2. The van der Waals surface area contributed by atoms with E-state index in [4.69, 9.17) is 0 Å². The monoisotopic (exact) mass is 388 g/mol. The van der Waals surface area contributed by atoms with Crippen LogP contribution in [0.3, 0.4) is 0 Å². The van der Waals surface area contributed by atoms with Crippen LogP contribution in [0, 0.1) is 0 Å². The second kappa shape index (κ2) is 7.90. The van der Waals surface area contributed by atoms with E-state index in [9.17, 15) is 9.59 Å². The van der Waals surface area contributed by atoms with Gasteiger partial charge in [0.15, 0.2) is 0 Å². The molecule has 2 amide bonds. The fraction of sp³-hybridized carbons (Fsp3) is 0.130. The minimum absolute atomic E-state index is 0.147. The molecule has 0 saturated heterocycles. The number of hydrogen-bond donors (Lipinski definition) is 2. The quantitative estimate of drug-likeness (QED) is 0.666. The van der Waals surface area contributed by atoms with Crippen molar-refractivity contribution in [1.29, 1.82) is 0 Å². The topological polar surface area (TPSA) is 58.2 Å². The van der Waals surface area contributed by atoms with Gasteiger partial charge in [-0.05, 0) is 41.8 Å². The Morgan fingerprint density at radius 1 is 1.00 bits per heavy atom. The molecule has 28 heavy (non-hydrogen) atoms. The third-order valence-corrected chi connectivity index (χ3v) is 5.93. The molecule has 4 rings (SSSR count). The van der Waals surface area contributed by atoms with Gasteiger partial charge in [0, 0.05) is 21.9 Å². The minimum Gasteiger partial charge on any atom is -0.351 e. The second-order valence-electron chi connectivity index (χ2n) is 6.79. The molecule has 0 unspecified atom stereocenters. The number of nitrogens with one attached hydrogen (secondary N) is 2. The van der Waals surface area contributed by atoms with Crippen molar-refractivity contribution in [2.75, 3.05) is 11.9 Å². The van der Waals surface area contributed by atoms with Crippen molar-refractivity contribution in [2.45, 2.75) is 22.6 Å². The van der Waals surface area contributed by atoms with Crippen molar-refractivity contribution in [3.05, 3.63) is 89.5 Å². The first-order valence-corrected chi connectivity index (χ1v) is 9.99. The van der Waals surface area contributed by atoms with Gasteiger partial charge in [-0.1, -0.05) is 61.2 Å². The van der Waals surface area contributed by atoms with E-state index in [1.54, 1.807) is 12.1 Å². The third-order valence-electron chi connectivity index (χ3n) is 4.78. The summed E-state index contributed by atoms with van der Waals surface area (Å²) in [5, 5.41) is 5.91. The molecule has 0 spiro atoms. The fourth-order valence-electron chi connectivity index (χ4n) is 3.16. The minimum atomic E-state index is -0.155. The highest BCUT2D eigenvalue weighted by Crippen LogP contribution is 2.38. The van der Waals surface area contributed by atoms with Crippen LogP contribution >= 0.6 is 11.8 Å². The molecule has 1 atom stereocenters. The maximum atomic E-state index is 12.6. The van der Waals surface area contributed by atoms with Gasteiger partial charge in [-0.15, -0.1) is 0 Å². The molecule has 1 aliphatic heterocycles. The van der Waals surface area contributed by atoms with Crippen molar-refractivity contribution in [3.63, 3.8) is 0 Å². The maximum Gasteiger partial charge on any atom is 0.256 e. The van der Waals surface area contributed by atoms with E-state index >= 15 is 0 Å². The molecule has 1 heterocycles. The largest absolute Gasteiger partial charge is 0.351 e. The Hall–Kier alpha value is -3.05. The first kappa shape index (κ1) is 18.3. The lowest BCUT2D eigenvalue weighted by atomic mass is 10.0. The number of benzene rings is 3. The van der Waals surface area contributed by atoms with Crippen LogP contribution in [0.5, 0.6) is 0 Å². The summed E-state index contributed by atoms with van der Waals surface area (Å²) < 4.78 is 0. The number of fused-ring (bicyclic) bond motifs is 2. The summed E-state index contributed by atoms with van der Waals surface area (Å²) in [5.74, 6) is -0.0839. The first-order valence-electron chi connectivity index (χ1n) is 9.17. The predicted molar refractivity (Wildman–Crippen MR) is 112 cm³/mol. The molecule has 2 N–H and O–H groups in total. The van der Waals surface area contributed by atoms with Crippen LogP contribution < -0.4 is 10.6 Å². The number of hydrogen-bond acceptors (Lipinski definition) is 3. The van der Waals surface area contributed by atoms with E-state index in [2.05, 4.69) is 29.7 Å². The Balaban J connectivity index is 1.49.